The quantitative estimate of drug-likeness (QED) is 0.631. The summed E-state index contributed by atoms with van der Waals surface area (Å²) in [6.45, 7) is 1.34. The molecule has 5 heteroatoms. The molecule has 2 aliphatic rings. The van der Waals surface area contributed by atoms with Crippen LogP contribution in [0.5, 0.6) is 0 Å². The van der Waals surface area contributed by atoms with Crippen LogP contribution in [-0.2, 0) is 11.2 Å². The van der Waals surface area contributed by atoms with Crippen LogP contribution >= 0.6 is 11.8 Å². The molecule has 100 valence electrons. The van der Waals surface area contributed by atoms with Crippen molar-refractivity contribution < 1.29 is 10.0 Å². The van der Waals surface area contributed by atoms with Gasteiger partial charge < -0.3 is 10.1 Å². The van der Waals surface area contributed by atoms with E-state index in [4.69, 9.17) is 5.21 Å². The van der Waals surface area contributed by atoms with Crippen LogP contribution in [0.3, 0.4) is 0 Å². The van der Waals surface area contributed by atoms with E-state index >= 15 is 0 Å². The molecule has 4 nitrogen and oxygen atoms in total. The Morgan fingerprint density at radius 3 is 2.74 bits per heavy atom. The molecule has 0 bridgehead atoms. The fourth-order valence-electron chi connectivity index (χ4n) is 2.61. The molecular weight excluding hydrogens is 260 g/mol. The van der Waals surface area contributed by atoms with Crippen LogP contribution < -0.4 is 0 Å². The van der Waals surface area contributed by atoms with E-state index < -0.39 is 0 Å². The van der Waals surface area contributed by atoms with E-state index in [0.29, 0.717) is 25.9 Å². The molecule has 0 aromatic heterocycles. The summed E-state index contributed by atoms with van der Waals surface area (Å²) in [5, 5.41) is 12.0. The second kappa shape index (κ2) is 5.25. The van der Waals surface area contributed by atoms with Crippen molar-refractivity contribution in [3.8, 4) is 0 Å². The first-order valence-corrected chi connectivity index (χ1v) is 7.39. The number of likely N-dealkylation sites (tertiary alicyclic amines) is 1. The number of hydrogen-bond acceptors (Lipinski definition) is 4. The van der Waals surface area contributed by atoms with E-state index in [0.717, 1.165) is 12.1 Å². The summed E-state index contributed by atoms with van der Waals surface area (Å²) in [4.78, 5) is 15.6. The smallest absolute Gasteiger partial charge is 0.236 e. The topological polar surface area (TPSA) is 52.9 Å². The maximum atomic E-state index is 12.5. The van der Waals surface area contributed by atoms with E-state index in [2.05, 4.69) is 17.3 Å². The van der Waals surface area contributed by atoms with Crippen molar-refractivity contribution in [3.05, 3.63) is 29.8 Å². The van der Waals surface area contributed by atoms with Crippen molar-refractivity contribution >= 4 is 23.4 Å². The van der Waals surface area contributed by atoms with Crippen molar-refractivity contribution in [1.82, 2.24) is 4.90 Å². The van der Waals surface area contributed by atoms with Gasteiger partial charge in [-0.3, -0.25) is 4.79 Å². The summed E-state index contributed by atoms with van der Waals surface area (Å²) < 4.78 is 0. The number of benzene rings is 1. The van der Waals surface area contributed by atoms with Gasteiger partial charge in [0.15, 0.2) is 0 Å². The number of oxime groups is 1. The highest BCUT2D eigenvalue weighted by atomic mass is 32.2. The van der Waals surface area contributed by atoms with Crippen LogP contribution in [0.2, 0.25) is 0 Å². The molecule has 1 saturated heterocycles. The molecule has 1 aromatic carbocycles. The van der Waals surface area contributed by atoms with Crippen LogP contribution in [0, 0.1) is 0 Å². The number of carbonyl (C=O) groups excluding carboxylic acids is 1. The summed E-state index contributed by atoms with van der Waals surface area (Å²) in [5.41, 5.74) is 2.08. The third-order valence-electron chi connectivity index (χ3n) is 3.72. The van der Waals surface area contributed by atoms with Gasteiger partial charge in [-0.05, 0) is 18.1 Å². The Kier molecular flexibility index (Phi) is 3.46. The molecule has 0 radical (unpaired) electrons. The minimum Gasteiger partial charge on any atom is -0.411 e. The minimum atomic E-state index is 0.0185. The number of carbonyl (C=O) groups is 1. The second-order valence-electron chi connectivity index (χ2n) is 4.91. The van der Waals surface area contributed by atoms with Crippen molar-refractivity contribution in [2.24, 2.45) is 5.16 Å². The standard InChI is InChI=1S/C14H16N2O2S/c17-14(16-7-5-11(15-18)6-8-16)13-9-10-3-1-2-4-12(10)19-13/h1-4,13,18H,5-9H2. The molecule has 2 aliphatic heterocycles. The zero-order valence-corrected chi connectivity index (χ0v) is 11.4. The molecule has 3 rings (SSSR count). The van der Waals surface area contributed by atoms with Gasteiger partial charge in [-0.15, -0.1) is 11.8 Å². The van der Waals surface area contributed by atoms with Crippen molar-refractivity contribution in [1.29, 1.82) is 0 Å². The Bertz CT molecular complexity index is 495. The van der Waals surface area contributed by atoms with Crippen molar-refractivity contribution in [2.75, 3.05) is 13.1 Å². The van der Waals surface area contributed by atoms with Gasteiger partial charge in [0.05, 0.1) is 11.0 Å². The van der Waals surface area contributed by atoms with Crippen molar-refractivity contribution in [2.45, 2.75) is 29.4 Å². The van der Waals surface area contributed by atoms with Crippen molar-refractivity contribution in [3.63, 3.8) is 0 Å². The highest BCUT2D eigenvalue weighted by Crippen LogP contribution is 2.37. The molecule has 1 fully saturated rings. The number of rotatable bonds is 1. The van der Waals surface area contributed by atoms with Gasteiger partial charge in [-0.2, -0.15) is 0 Å². The summed E-state index contributed by atoms with van der Waals surface area (Å²) in [6, 6.07) is 8.23. The van der Waals surface area contributed by atoms with Crippen LogP contribution in [0.25, 0.3) is 0 Å². The SMILES string of the molecule is O=C(C1Cc2ccccc2S1)N1CCC(=NO)CC1. The van der Waals surface area contributed by atoms with E-state index in [1.165, 1.54) is 10.5 Å². The highest BCUT2D eigenvalue weighted by Gasteiger charge is 2.32. The number of amides is 1. The second-order valence-corrected chi connectivity index (χ2v) is 6.15. The molecule has 1 unspecified atom stereocenters. The van der Waals surface area contributed by atoms with Gasteiger partial charge in [0.25, 0.3) is 0 Å². The van der Waals surface area contributed by atoms with Crippen LogP contribution in [-0.4, -0.2) is 40.1 Å². The zero-order chi connectivity index (χ0) is 13.2. The Balaban J connectivity index is 1.64. The Hall–Kier alpha value is -1.49. The summed E-state index contributed by atoms with van der Waals surface area (Å²) in [7, 11) is 0. The summed E-state index contributed by atoms with van der Waals surface area (Å²) in [6.07, 6.45) is 2.20. The number of nitrogens with zero attached hydrogens (tertiary/aromatic N) is 2. The number of piperidine rings is 1. The van der Waals surface area contributed by atoms with Gasteiger partial charge in [0, 0.05) is 30.8 Å². The maximum Gasteiger partial charge on any atom is 0.236 e. The van der Waals surface area contributed by atoms with E-state index in [1.807, 2.05) is 17.0 Å². The van der Waals surface area contributed by atoms with Crippen LogP contribution in [0.1, 0.15) is 18.4 Å². The molecule has 1 aromatic rings. The highest BCUT2D eigenvalue weighted by molar-refractivity contribution is 8.01. The molecular formula is C14H16N2O2S. The van der Waals surface area contributed by atoms with E-state index in [9.17, 15) is 4.79 Å². The van der Waals surface area contributed by atoms with Gasteiger partial charge in [0.2, 0.25) is 5.91 Å². The minimum absolute atomic E-state index is 0.0185. The molecule has 1 atom stereocenters. The lowest BCUT2D eigenvalue weighted by molar-refractivity contribution is -0.130. The van der Waals surface area contributed by atoms with Gasteiger partial charge >= 0.3 is 0 Å². The number of thioether (sulfide) groups is 1. The molecule has 1 N–H and O–H groups in total. The molecule has 0 aliphatic carbocycles. The molecule has 2 heterocycles. The molecule has 0 spiro atoms. The first-order chi connectivity index (χ1) is 9.28. The predicted octanol–water partition coefficient (Wildman–Crippen LogP) is 2.16. The molecule has 19 heavy (non-hydrogen) atoms. The number of fused-ring (bicyclic) bond motifs is 1. The first kappa shape index (κ1) is 12.5. The molecule has 0 saturated carbocycles. The lowest BCUT2D eigenvalue weighted by Crippen LogP contribution is -2.43. The average Bonchev–Trinajstić information content (AvgIpc) is 2.90. The zero-order valence-electron chi connectivity index (χ0n) is 10.6. The average molecular weight is 276 g/mol. The summed E-state index contributed by atoms with van der Waals surface area (Å²) >= 11 is 1.67. The lowest BCUT2D eigenvalue weighted by Gasteiger charge is -2.29. The third-order valence-corrected chi connectivity index (χ3v) is 5.02. The molecule has 1 amide bonds. The Morgan fingerprint density at radius 1 is 1.32 bits per heavy atom. The number of hydrogen-bond donors (Lipinski definition) is 1. The van der Waals surface area contributed by atoms with Gasteiger partial charge in [0.1, 0.15) is 0 Å². The largest absolute Gasteiger partial charge is 0.411 e. The Labute approximate surface area is 116 Å². The van der Waals surface area contributed by atoms with E-state index in [1.54, 1.807) is 11.8 Å². The lowest BCUT2D eigenvalue weighted by atomic mass is 10.1. The maximum absolute atomic E-state index is 12.5. The van der Waals surface area contributed by atoms with E-state index in [-0.39, 0.29) is 11.2 Å². The first-order valence-electron chi connectivity index (χ1n) is 6.51. The predicted molar refractivity (Wildman–Crippen MR) is 74.8 cm³/mol. The third kappa shape index (κ3) is 2.47. The van der Waals surface area contributed by atoms with Gasteiger partial charge in [-0.25, -0.2) is 0 Å². The fraction of sp³-hybridized carbons (Fsp3) is 0.429. The van der Waals surface area contributed by atoms with Crippen LogP contribution in [0.15, 0.2) is 34.3 Å². The monoisotopic (exact) mass is 276 g/mol. The van der Waals surface area contributed by atoms with Gasteiger partial charge in [-0.1, -0.05) is 23.4 Å². The fourth-order valence-corrected chi connectivity index (χ4v) is 3.89. The summed E-state index contributed by atoms with van der Waals surface area (Å²) in [5.74, 6) is 0.221. The Morgan fingerprint density at radius 2 is 2.05 bits per heavy atom. The van der Waals surface area contributed by atoms with Crippen LogP contribution in [0.4, 0.5) is 0 Å². The normalized spacial score (nSPS) is 22.2.